The zero-order chi connectivity index (χ0) is 15.4. The second-order valence-corrected chi connectivity index (χ2v) is 12.2. The average molecular weight is 297 g/mol. The smallest absolute Gasteiger partial charge is 0.192 e. The molecular weight excluding hydrogens is 264 g/mol. The number of hydrogen-bond donors (Lipinski definition) is 1. The summed E-state index contributed by atoms with van der Waals surface area (Å²) in [6.07, 6.45) is 10.5. The van der Waals surface area contributed by atoms with Gasteiger partial charge in [-0.25, -0.2) is 0 Å². The van der Waals surface area contributed by atoms with Crippen LogP contribution in [0.5, 0.6) is 0 Å². The Labute approximate surface area is 126 Å². The first-order valence-electron chi connectivity index (χ1n) is 7.86. The fourth-order valence-corrected chi connectivity index (χ4v) is 3.53. The van der Waals surface area contributed by atoms with E-state index < -0.39 is 14.4 Å². The van der Waals surface area contributed by atoms with Gasteiger partial charge in [-0.15, -0.1) is 0 Å². The van der Waals surface area contributed by atoms with Gasteiger partial charge in [0.1, 0.15) is 0 Å². The van der Waals surface area contributed by atoms with Crippen molar-refractivity contribution < 1.29 is 9.53 Å². The van der Waals surface area contributed by atoms with E-state index in [1.807, 2.05) is 13.0 Å². The molecular formula is C17H32O2Si. The van der Waals surface area contributed by atoms with Crippen molar-refractivity contribution in [2.24, 2.45) is 0 Å². The molecule has 2 nitrogen and oxygen atoms in total. The van der Waals surface area contributed by atoms with E-state index in [4.69, 9.17) is 4.43 Å². The molecule has 0 aromatic rings. The molecule has 0 aliphatic heterocycles. The predicted molar refractivity (Wildman–Crippen MR) is 89.4 cm³/mol. The molecule has 116 valence electrons. The molecule has 1 rings (SSSR count). The van der Waals surface area contributed by atoms with Gasteiger partial charge < -0.3 is 9.53 Å². The lowest BCUT2D eigenvalue weighted by molar-refractivity contribution is 0.0692. The lowest BCUT2D eigenvalue weighted by atomic mass is 9.99. The monoisotopic (exact) mass is 296 g/mol. The highest BCUT2D eigenvalue weighted by Gasteiger charge is 2.39. The van der Waals surface area contributed by atoms with Crippen LogP contribution in [0.1, 0.15) is 53.4 Å². The Kier molecular flexibility index (Phi) is 6.23. The molecule has 3 heteroatoms. The van der Waals surface area contributed by atoms with E-state index in [-0.39, 0.29) is 11.1 Å². The first-order valence-corrected chi connectivity index (χ1v) is 10.8. The molecule has 0 spiro atoms. The zero-order valence-corrected chi connectivity index (χ0v) is 15.1. The molecule has 0 unspecified atom stereocenters. The van der Waals surface area contributed by atoms with Crippen LogP contribution in [0.25, 0.3) is 0 Å². The van der Waals surface area contributed by atoms with Crippen LogP contribution in [0, 0.1) is 0 Å². The van der Waals surface area contributed by atoms with Crippen molar-refractivity contribution in [3.05, 3.63) is 23.8 Å². The highest BCUT2D eigenvalue weighted by molar-refractivity contribution is 6.74. The van der Waals surface area contributed by atoms with Gasteiger partial charge >= 0.3 is 0 Å². The minimum atomic E-state index is -1.81. The Morgan fingerprint density at radius 3 is 2.45 bits per heavy atom. The molecule has 0 bridgehead atoms. The van der Waals surface area contributed by atoms with E-state index in [0.29, 0.717) is 0 Å². The summed E-state index contributed by atoms with van der Waals surface area (Å²) in [6.45, 7) is 13.1. The standard InChI is InChI=1S/C17H32O2Si/c1-14(19-20(5,6)17(2,3)4)16(18)13-12-15-10-8-7-9-11-15/h10,12-14,16,18H,7-9,11H2,1-6H3/b13-12+/t14-,16-/m0/s1. The highest BCUT2D eigenvalue weighted by atomic mass is 28.4. The summed E-state index contributed by atoms with van der Waals surface area (Å²) >= 11 is 0. The Bertz CT molecular complexity index is 364. The van der Waals surface area contributed by atoms with Crippen LogP contribution >= 0.6 is 0 Å². The third-order valence-corrected chi connectivity index (χ3v) is 9.17. The van der Waals surface area contributed by atoms with Crippen molar-refractivity contribution in [2.75, 3.05) is 0 Å². The first-order chi connectivity index (χ1) is 9.13. The van der Waals surface area contributed by atoms with Gasteiger partial charge in [-0.3, -0.25) is 0 Å². The van der Waals surface area contributed by atoms with Crippen LogP contribution in [0.15, 0.2) is 23.8 Å². The molecule has 0 fully saturated rings. The Hall–Kier alpha value is -0.383. The summed E-state index contributed by atoms with van der Waals surface area (Å²) in [7, 11) is -1.81. The average Bonchev–Trinajstić information content (AvgIpc) is 2.35. The summed E-state index contributed by atoms with van der Waals surface area (Å²) in [4.78, 5) is 0. The molecule has 1 N–H and O–H groups in total. The lowest BCUT2D eigenvalue weighted by Crippen LogP contribution is -2.45. The van der Waals surface area contributed by atoms with E-state index >= 15 is 0 Å². The minimum absolute atomic E-state index is 0.142. The number of allylic oxidation sites excluding steroid dienone is 3. The highest BCUT2D eigenvalue weighted by Crippen LogP contribution is 2.37. The Morgan fingerprint density at radius 1 is 1.30 bits per heavy atom. The van der Waals surface area contributed by atoms with E-state index in [0.717, 1.165) is 6.42 Å². The van der Waals surface area contributed by atoms with Gasteiger partial charge in [-0.1, -0.05) is 44.6 Å². The fraction of sp³-hybridized carbons (Fsp3) is 0.765. The van der Waals surface area contributed by atoms with Crippen LogP contribution in [-0.4, -0.2) is 25.6 Å². The lowest BCUT2D eigenvalue weighted by Gasteiger charge is -2.39. The topological polar surface area (TPSA) is 29.5 Å². The third kappa shape index (κ3) is 5.19. The van der Waals surface area contributed by atoms with Crippen LogP contribution in [-0.2, 0) is 4.43 Å². The summed E-state index contributed by atoms with van der Waals surface area (Å²) < 4.78 is 6.22. The van der Waals surface area contributed by atoms with Gasteiger partial charge in [-0.05, 0) is 50.7 Å². The molecule has 2 atom stereocenters. The van der Waals surface area contributed by atoms with Crippen molar-refractivity contribution in [3.63, 3.8) is 0 Å². The number of aliphatic hydroxyl groups is 1. The minimum Gasteiger partial charge on any atom is -0.411 e. The van der Waals surface area contributed by atoms with E-state index in [2.05, 4.69) is 46.0 Å². The van der Waals surface area contributed by atoms with Gasteiger partial charge in [0.2, 0.25) is 0 Å². The van der Waals surface area contributed by atoms with Gasteiger partial charge in [-0.2, -0.15) is 0 Å². The molecule has 0 amide bonds. The van der Waals surface area contributed by atoms with Crippen LogP contribution < -0.4 is 0 Å². The molecule has 0 aromatic carbocycles. The maximum atomic E-state index is 10.3. The number of rotatable bonds is 5. The SMILES string of the molecule is C[C@H](O[Si](C)(C)C(C)(C)C)[C@@H](O)/C=C/C1=CCCCC1. The van der Waals surface area contributed by atoms with Crippen molar-refractivity contribution in [1.82, 2.24) is 0 Å². The summed E-state index contributed by atoms with van der Waals surface area (Å²) in [5.41, 5.74) is 1.36. The molecule has 0 radical (unpaired) electrons. The van der Waals surface area contributed by atoms with Crippen LogP contribution in [0.2, 0.25) is 18.1 Å². The fourth-order valence-electron chi connectivity index (χ4n) is 2.10. The maximum Gasteiger partial charge on any atom is 0.192 e. The van der Waals surface area contributed by atoms with E-state index in [1.54, 1.807) is 0 Å². The van der Waals surface area contributed by atoms with Crippen molar-refractivity contribution in [2.45, 2.75) is 83.7 Å². The molecule has 20 heavy (non-hydrogen) atoms. The summed E-state index contributed by atoms with van der Waals surface area (Å²) in [5, 5.41) is 10.4. The van der Waals surface area contributed by atoms with Crippen LogP contribution in [0.4, 0.5) is 0 Å². The number of aliphatic hydroxyl groups excluding tert-OH is 1. The Morgan fingerprint density at radius 2 is 1.95 bits per heavy atom. The predicted octanol–water partition coefficient (Wildman–Crippen LogP) is 4.81. The molecule has 1 aliphatic carbocycles. The van der Waals surface area contributed by atoms with Crippen molar-refractivity contribution in [1.29, 1.82) is 0 Å². The second kappa shape index (κ2) is 7.06. The van der Waals surface area contributed by atoms with Gasteiger partial charge in [0, 0.05) is 0 Å². The Balaban J connectivity index is 2.56. The summed E-state index contributed by atoms with van der Waals surface area (Å²) in [5.74, 6) is 0. The van der Waals surface area contributed by atoms with E-state index in [1.165, 1.54) is 24.8 Å². The molecule has 0 saturated carbocycles. The normalized spacial score (nSPS) is 20.9. The third-order valence-electron chi connectivity index (χ3n) is 4.60. The maximum absolute atomic E-state index is 10.3. The molecule has 0 aromatic heterocycles. The summed E-state index contributed by atoms with van der Waals surface area (Å²) in [6, 6.07) is 0. The first kappa shape index (κ1) is 17.7. The molecule has 0 saturated heterocycles. The van der Waals surface area contributed by atoms with Crippen molar-refractivity contribution >= 4 is 8.32 Å². The second-order valence-electron chi connectivity index (χ2n) is 7.46. The van der Waals surface area contributed by atoms with Crippen molar-refractivity contribution in [3.8, 4) is 0 Å². The number of hydrogen-bond acceptors (Lipinski definition) is 2. The van der Waals surface area contributed by atoms with Gasteiger partial charge in [0.15, 0.2) is 8.32 Å². The largest absolute Gasteiger partial charge is 0.411 e. The van der Waals surface area contributed by atoms with Crippen LogP contribution in [0.3, 0.4) is 0 Å². The molecule has 1 aliphatic rings. The van der Waals surface area contributed by atoms with Gasteiger partial charge in [0.05, 0.1) is 12.2 Å². The zero-order valence-electron chi connectivity index (χ0n) is 14.1. The quantitative estimate of drug-likeness (QED) is 0.737. The van der Waals surface area contributed by atoms with Gasteiger partial charge in [0.25, 0.3) is 0 Å². The molecule has 0 heterocycles. The van der Waals surface area contributed by atoms with E-state index in [9.17, 15) is 5.11 Å².